The lowest BCUT2D eigenvalue weighted by Crippen LogP contribution is -3.11. The number of benzene rings is 2. The normalized spacial score (nSPS) is 13.0. The van der Waals surface area contributed by atoms with Gasteiger partial charge in [0.1, 0.15) is 12.3 Å². The average Bonchev–Trinajstić information content (AvgIpc) is 3.21. The zero-order valence-electron chi connectivity index (χ0n) is 15.6. The molecular formula is C22H25N2O2S+. The number of ether oxygens (including phenoxy) is 1. The lowest BCUT2D eigenvalue weighted by molar-refractivity contribution is -0.933. The minimum atomic E-state index is -0.287. The van der Waals surface area contributed by atoms with Crippen LogP contribution in [0.5, 0.6) is 5.75 Å². The minimum absolute atomic E-state index is 0.0112. The van der Waals surface area contributed by atoms with Gasteiger partial charge in [0, 0.05) is 17.3 Å². The molecule has 1 unspecified atom stereocenters. The highest BCUT2D eigenvalue weighted by molar-refractivity contribution is 7.09. The second-order valence-corrected chi connectivity index (χ2v) is 7.37. The molecule has 1 amide bonds. The zero-order valence-corrected chi connectivity index (χ0v) is 16.5. The molecule has 0 bridgehead atoms. The van der Waals surface area contributed by atoms with Gasteiger partial charge < -0.3 is 15.0 Å². The number of thiophene rings is 1. The predicted octanol–water partition coefficient (Wildman–Crippen LogP) is 3.54. The molecule has 27 heavy (non-hydrogen) atoms. The molecule has 0 aliphatic rings. The van der Waals surface area contributed by atoms with Gasteiger partial charge in [0.15, 0.2) is 6.04 Å². The third kappa shape index (κ3) is 4.96. The summed E-state index contributed by atoms with van der Waals surface area (Å²) in [7, 11) is 1.62. The molecule has 0 fully saturated rings. The average molecular weight is 382 g/mol. The molecule has 0 spiro atoms. The van der Waals surface area contributed by atoms with E-state index >= 15 is 0 Å². The van der Waals surface area contributed by atoms with E-state index in [1.807, 2.05) is 54.6 Å². The summed E-state index contributed by atoms with van der Waals surface area (Å²) in [6.45, 7) is 3.79. The van der Waals surface area contributed by atoms with Crippen molar-refractivity contribution in [3.05, 3.63) is 82.6 Å². The van der Waals surface area contributed by atoms with E-state index in [1.165, 1.54) is 9.78 Å². The molecule has 2 aromatic carbocycles. The molecular weight excluding hydrogens is 356 g/mol. The number of hydrogen-bond acceptors (Lipinski definition) is 3. The number of rotatable bonds is 8. The molecule has 5 heteroatoms. The lowest BCUT2D eigenvalue weighted by Gasteiger charge is -2.27. The Morgan fingerprint density at radius 2 is 1.93 bits per heavy atom. The largest absolute Gasteiger partial charge is 0.497 e. The van der Waals surface area contributed by atoms with E-state index in [-0.39, 0.29) is 11.9 Å². The smallest absolute Gasteiger partial charge is 0.287 e. The number of methoxy groups -OCH3 is 1. The number of nitrogens with one attached hydrogen (secondary N) is 2. The van der Waals surface area contributed by atoms with Crippen LogP contribution >= 0.6 is 11.3 Å². The second-order valence-electron chi connectivity index (χ2n) is 6.33. The van der Waals surface area contributed by atoms with Crippen molar-refractivity contribution in [1.29, 1.82) is 0 Å². The standard InChI is InChI=1S/C22H24N2O2S/c1-3-24(16-20-13-8-14-27-20)21(17-9-5-4-6-10-17)22(25)23-18-11-7-12-19(15-18)26-2/h4-15,21H,3,16H2,1-2H3,(H,23,25)/p+1/t21-/m1/s1. The van der Waals surface area contributed by atoms with E-state index in [9.17, 15) is 4.79 Å². The molecule has 2 atom stereocenters. The maximum atomic E-state index is 13.3. The molecule has 1 aromatic heterocycles. The Hall–Kier alpha value is -2.63. The van der Waals surface area contributed by atoms with Crippen molar-refractivity contribution >= 4 is 22.9 Å². The van der Waals surface area contributed by atoms with Crippen LogP contribution in [0.2, 0.25) is 0 Å². The van der Waals surface area contributed by atoms with Gasteiger partial charge in [-0.3, -0.25) is 4.79 Å². The Bertz CT molecular complexity index is 850. The quantitative estimate of drug-likeness (QED) is 0.627. The summed E-state index contributed by atoms with van der Waals surface area (Å²) in [5.41, 5.74) is 1.76. The van der Waals surface area contributed by atoms with Crippen LogP contribution in [0.25, 0.3) is 0 Å². The van der Waals surface area contributed by atoms with Crippen molar-refractivity contribution in [2.75, 3.05) is 19.0 Å². The van der Waals surface area contributed by atoms with E-state index < -0.39 is 0 Å². The molecule has 0 aliphatic carbocycles. The van der Waals surface area contributed by atoms with E-state index in [1.54, 1.807) is 18.4 Å². The second kappa shape index (κ2) is 9.35. The monoisotopic (exact) mass is 381 g/mol. The summed E-state index contributed by atoms with van der Waals surface area (Å²) in [6.07, 6.45) is 0. The van der Waals surface area contributed by atoms with Crippen molar-refractivity contribution in [3.8, 4) is 5.75 Å². The summed E-state index contributed by atoms with van der Waals surface area (Å²) in [5.74, 6) is 0.713. The van der Waals surface area contributed by atoms with Crippen molar-refractivity contribution in [3.63, 3.8) is 0 Å². The van der Waals surface area contributed by atoms with E-state index in [0.717, 1.165) is 30.1 Å². The van der Waals surface area contributed by atoms with Crippen LogP contribution in [-0.2, 0) is 11.3 Å². The van der Waals surface area contributed by atoms with Crippen LogP contribution in [0.3, 0.4) is 0 Å². The zero-order chi connectivity index (χ0) is 19.1. The third-order valence-corrected chi connectivity index (χ3v) is 5.45. The summed E-state index contributed by atoms with van der Waals surface area (Å²) in [5, 5.41) is 5.15. The summed E-state index contributed by atoms with van der Waals surface area (Å²) in [4.78, 5) is 15.8. The third-order valence-electron chi connectivity index (χ3n) is 4.58. The topological polar surface area (TPSA) is 42.8 Å². The van der Waals surface area contributed by atoms with Crippen molar-refractivity contribution in [1.82, 2.24) is 0 Å². The first-order valence-corrected chi connectivity index (χ1v) is 9.96. The molecule has 0 saturated heterocycles. The minimum Gasteiger partial charge on any atom is -0.497 e. The van der Waals surface area contributed by atoms with Crippen molar-refractivity contribution < 1.29 is 14.4 Å². The molecule has 0 radical (unpaired) electrons. The molecule has 0 aliphatic heterocycles. The Kier molecular flexibility index (Phi) is 6.63. The molecule has 2 N–H and O–H groups in total. The summed E-state index contributed by atoms with van der Waals surface area (Å²) >= 11 is 1.73. The number of likely N-dealkylation sites (N-methyl/N-ethyl adjacent to an activating group) is 1. The van der Waals surface area contributed by atoms with E-state index in [2.05, 4.69) is 29.8 Å². The number of hydrogen-bond donors (Lipinski definition) is 2. The van der Waals surface area contributed by atoms with Gasteiger partial charge in [0.05, 0.1) is 18.5 Å². The van der Waals surface area contributed by atoms with Gasteiger partial charge in [-0.2, -0.15) is 0 Å². The SMILES string of the molecule is CC[NH+](Cc1cccs1)[C@@H](C(=O)Nc1cccc(OC)c1)c1ccccc1. The van der Waals surface area contributed by atoms with Crippen molar-refractivity contribution in [2.45, 2.75) is 19.5 Å². The van der Waals surface area contributed by atoms with Crippen LogP contribution < -0.4 is 15.0 Å². The van der Waals surface area contributed by atoms with Crippen LogP contribution in [0.1, 0.15) is 23.4 Å². The van der Waals surface area contributed by atoms with Gasteiger partial charge >= 0.3 is 0 Å². The lowest BCUT2D eigenvalue weighted by atomic mass is 10.0. The number of carbonyl (C=O) groups is 1. The fourth-order valence-corrected chi connectivity index (χ4v) is 3.96. The van der Waals surface area contributed by atoms with Crippen LogP contribution in [0.15, 0.2) is 72.1 Å². The fourth-order valence-electron chi connectivity index (χ4n) is 3.20. The van der Waals surface area contributed by atoms with Crippen molar-refractivity contribution in [2.24, 2.45) is 0 Å². The first-order valence-electron chi connectivity index (χ1n) is 9.08. The number of amides is 1. The maximum absolute atomic E-state index is 13.3. The fraction of sp³-hybridized carbons (Fsp3) is 0.227. The number of quaternary nitrogens is 1. The number of anilines is 1. The van der Waals surface area contributed by atoms with Gasteiger partial charge in [-0.05, 0) is 30.5 Å². The van der Waals surface area contributed by atoms with Gasteiger partial charge in [0.25, 0.3) is 5.91 Å². The van der Waals surface area contributed by atoms with Gasteiger partial charge in [-0.1, -0.05) is 42.5 Å². The van der Waals surface area contributed by atoms with Crippen LogP contribution in [-0.4, -0.2) is 19.6 Å². The van der Waals surface area contributed by atoms with Gasteiger partial charge in [-0.15, -0.1) is 11.3 Å². The van der Waals surface area contributed by atoms with Gasteiger partial charge in [0.2, 0.25) is 0 Å². The summed E-state index contributed by atoms with van der Waals surface area (Å²) in [6, 6.07) is 21.4. The highest BCUT2D eigenvalue weighted by atomic mass is 32.1. The Morgan fingerprint density at radius 3 is 2.59 bits per heavy atom. The Labute approximate surface area is 164 Å². The molecule has 0 saturated carbocycles. The Morgan fingerprint density at radius 1 is 1.11 bits per heavy atom. The van der Waals surface area contributed by atoms with Gasteiger partial charge in [-0.25, -0.2) is 0 Å². The maximum Gasteiger partial charge on any atom is 0.287 e. The molecule has 4 nitrogen and oxygen atoms in total. The highest BCUT2D eigenvalue weighted by Gasteiger charge is 2.31. The highest BCUT2D eigenvalue weighted by Crippen LogP contribution is 2.19. The Balaban J connectivity index is 1.87. The van der Waals surface area contributed by atoms with Crippen LogP contribution in [0.4, 0.5) is 5.69 Å². The molecule has 1 heterocycles. The van der Waals surface area contributed by atoms with E-state index in [4.69, 9.17) is 4.74 Å². The first kappa shape index (κ1) is 19.1. The van der Waals surface area contributed by atoms with E-state index in [0.29, 0.717) is 0 Å². The summed E-state index contributed by atoms with van der Waals surface area (Å²) < 4.78 is 5.27. The molecule has 140 valence electrons. The number of carbonyl (C=O) groups excluding carboxylic acids is 1. The first-order chi connectivity index (χ1) is 13.2. The van der Waals surface area contributed by atoms with Crippen LogP contribution in [0, 0.1) is 0 Å². The predicted molar refractivity (Wildman–Crippen MR) is 110 cm³/mol. The molecule has 3 rings (SSSR count). The molecule has 3 aromatic rings.